The summed E-state index contributed by atoms with van der Waals surface area (Å²) >= 11 is 0. The second-order valence-electron chi connectivity index (χ2n) is 8.46. The minimum Gasteiger partial charge on any atom is -0.327 e. The fourth-order valence-corrected chi connectivity index (χ4v) is 4.49. The van der Waals surface area contributed by atoms with Gasteiger partial charge in [-0.25, -0.2) is 9.97 Å². The number of aromatic nitrogens is 4. The molecule has 1 atom stereocenters. The zero-order valence-corrected chi connectivity index (χ0v) is 19.6. The van der Waals surface area contributed by atoms with Crippen molar-refractivity contribution >= 4 is 17.5 Å². The molecule has 33 heavy (non-hydrogen) atoms. The quantitative estimate of drug-likeness (QED) is 0.639. The Morgan fingerprint density at radius 1 is 1.15 bits per heavy atom. The van der Waals surface area contributed by atoms with Crippen molar-refractivity contribution in [1.82, 2.24) is 24.6 Å². The fraction of sp³-hybridized carbons (Fsp3) is 0.400. The minimum atomic E-state index is -0.251. The summed E-state index contributed by atoms with van der Waals surface area (Å²) in [7, 11) is 1.82. The van der Waals surface area contributed by atoms with Crippen LogP contribution in [0, 0.1) is 13.8 Å². The van der Waals surface area contributed by atoms with E-state index in [9.17, 15) is 9.59 Å². The molecule has 2 amide bonds. The molecule has 3 aromatic rings. The van der Waals surface area contributed by atoms with E-state index >= 15 is 0 Å². The molecule has 0 saturated carbocycles. The highest BCUT2D eigenvalue weighted by Crippen LogP contribution is 2.31. The van der Waals surface area contributed by atoms with Crippen molar-refractivity contribution in [3.63, 3.8) is 0 Å². The Kier molecular flexibility index (Phi) is 6.53. The van der Waals surface area contributed by atoms with Crippen LogP contribution in [0.2, 0.25) is 0 Å². The van der Waals surface area contributed by atoms with Crippen molar-refractivity contribution in [3.8, 4) is 0 Å². The summed E-state index contributed by atoms with van der Waals surface area (Å²) in [6.07, 6.45) is 5.08. The SMILES string of the molecule is CCc1nn(C)c(C(=O)N2CCCCC2c2ncc(C(=O)Nc3ccccc3)c(C)n2)c1C. The van der Waals surface area contributed by atoms with Crippen LogP contribution < -0.4 is 5.32 Å². The minimum absolute atomic E-state index is 0.0425. The molecule has 1 unspecified atom stereocenters. The molecule has 172 valence electrons. The number of hydrogen-bond acceptors (Lipinski definition) is 5. The number of carbonyl (C=O) groups excluding carboxylic acids is 2. The van der Waals surface area contributed by atoms with Crippen molar-refractivity contribution in [2.24, 2.45) is 7.05 Å². The van der Waals surface area contributed by atoms with Crippen LogP contribution in [0.1, 0.15) is 75.9 Å². The van der Waals surface area contributed by atoms with E-state index < -0.39 is 0 Å². The second-order valence-corrected chi connectivity index (χ2v) is 8.46. The van der Waals surface area contributed by atoms with Crippen molar-refractivity contribution < 1.29 is 9.59 Å². The van der Waals surface area contributed by atoms with Crippen LogP contribution in [0.15, 0.2) is 36.5 Å². The van der Waals surface area contributed by atoms with E-state index in [1.807, 2.05) is 56.1 Å². The Hall–Kier alpha value is -3.55. The van der Waals surface area contributed by atoms with E-state index in [2.05, 4.69) is 20.4 Å². The van der Waals surface area contributed by atoms with Crippen LogP contribution in [0.4, 0.5) is 5.69 Å². The third-order valence-electron chi connectivity index (χ3n) is 6.26. The number of anilines is 1. The number of rotatable bonds is 5. The Morgan fingerprint density at radius 3 is 2.58 bits per heavy atom. The van der Waals surface area contributed by atoms with Gasteiger partial charge < -0.3 is 10.2 Å². The van der Waals surface area contributed by atoms with Crippen LogP contribution in [-0.4, -0.2) is 43.0 Å². The summed E-state index contributed by atoms with van der Waals surface area (Å²) in [5.74, 6) is 0.283. The van der Waals surface area contributed by atoms with Crippen molar-refractivity contribution in [2.75, 3.05) is 11.9 Å². The molecule has 1 aliphatic rings. The molecular formula is C25H30N6O2. The van der Waals surface area contributed by atoms with Gasteiger partial charge in [0.05, 0.1) is 23.0 Å². The first-order chi connectivity index (χ1) is 15.9. The number of nitrogens with zero attached hydrogens (tertiary/aromatic N) is 5. The van der Waals surface area contributed by atoms with Crippen molar-refractivity contribution in [1.29, 1.82) is 0 Å². The molecule has 4 rings (SSSR count). The zero-order valence-electron chi connectivity index (χ0n) is 19.6. The lowest BCUT2D eigenvalue weighted by Crippen LogP contribution is -2.40. The van der Waals surface area contributed by atoms with Gasteiger partial charge in [-0.2, -0.15) is 5.10 Å². The molecule has 0 radical (unpaired) electrons. The molecule has 1 fully saturated rings. The van der Waals surface area contributed by atoms with E-state index in [1.165, 1.54) is 0 Å². The van der Waals surface area contributed by atoms with Gasteiger partial charge in [-0.05, 0) is 51.7 Å². The predicted molar refractivity (Wildman–Crippen MR) is 126 cm³/mol. The van der Waals surface area contributed by atoms with E-state index in [1.54, 1.807) is 17.8 Å². The van der Waals surface area contributed by atoms with Crippen LogP contribution in [0.5, 0.6) is 0 Å². The Balaban J connectivity index is 1.59. The smallest absolute Gasteiger partial charge is 0.273 e. The summed E-state index contributed by atoms with van der Waals surface area (Å²) < 4.78 is 1.69. The lowest BCUT2D eigenvalue weighted by atomic mass is 9.99. The van der Waals surface area contributed by atoms with Gasteiger partial charge >= 0.3 is 0 Å². The summed E-state index contributed by atoms with van der Waals surface area (Å²) in [6.45, 7) is 6.45. The first-order valence-electron chi connectivity index (χ1n) is 11.4. The van der Waals surface area contributed by atoms with Gasteiger partial charge in [0.25, 0.3) is 11.8 Å². The zero-order chi connectivity index (χ0) is 23.5. The van der Waals surface area contributed by atoms with Gasteiger partial charge in [0.2, 0.25) is 0 Å². The number of nitrogens with one attached hydrogen (secondary N) is 1. The maximum Gasteiger partial charge on any atom is 0.273 e. The monoisotopic (exact) mass is 446 g/mol. The highest BCUT2D eigenvalue weighted by atomic mass is 16.2. The largest absolute Gasteiger partial charge is 0.327 e. The maximum atomic E-state index is 13.6. The third kappa shape index (κ3) is 4.51. The first kappa shape index (κ1) is 22.6. The molecule has 0 spiro atoms. The summed E-state index contributed by atoms with van der Waals surface area (Å²) in [4.78, 5) is 37.3. The number of likely N-dealkylation sites (tertiary alicyclic amines) is 1. The molecule has 1 aliphatic heterocycles. The first-order valence-corrected chi connectivity index (χ1v) is 11.4. The summed E-state index contributed by atoms with van der Waals surface area (Å²) in [5.41, 5.74) is 4.22. The lowest BCUT2D eigenvalue weighted by Gasteiger charge is -2.35. The number of hydrogen-bond donors (Lipinski definition) is 1. The average Bonchev–Trinajstić information content (AvgIpc) is 3.12. The number of piperidine rings is 1. The van der Waals surface area contributed by atoms with Gasteiger partial charge in [0.15, 0.2) is 5.82 Å². The van der Waals surface area contributed by atoms with E-state index in [0.717, 1.165) is 36.9 Å². The normalized spacial score (nSPS) is 16.0. The molecule has 1 N–H and O–H groups in total. The van der Waals surface area contributed by atoms with E-state index in [0.29, 0.717) is 35.0 Å². The van der Waals surface area contributed by atoms with E-state index in [4.69, 9.17) is 0 Å². The molecule has 8 nitrogen and oxygen atoms in total. The highest BCUT2D eigenvalue weighted by molar-refractivity contribution is 6.04. The van der Waals surface area contributed by atoms with E-state index in [-0.39, 0.29) is 17.9 Å². The number of para-hydroxylation sites is 1. The van der Waals surface area contributed by atoms with Crippen molar-refractivity contribution in [3.05, 3.63) is 70.6 Å². The molecule has 8 heteroatoms. The number of aryl methyl sites for hydroxylation is 3. The number of amides is 2. The standard InChI is InChI=1S/C25H30N6O2/c1-5-20-16(2)22(30(4)29-20)25(33)31-14-10-9-13-21(31)23-26-15-19(17(3)27-23)24(32)28-18-11-7-6-8-12-18/h6-8,11-12,15,21H,5,9-10,13-14H2,1-4H3,(H,28,32). The molecule has 3 heterocycles. The van der Waals surface area contributed by atoms with Crippen LogP contribution in [0.3, 0.4) is 0 Å². The van der Waals surface area contributed by atoms with Crippen molar-refractivity contribution in [2.45, 2.75) is 52.5 Å². The molecule has 2 aromatic heterocycles. The molecule has 1 aromatic carbocycles. The highest BCUT2D eigenvalue weighted by Gasteiger charge is 2.33. The predicted octanol–water partition coefficient (Wildman–Crippen LogP) is 4.01. The van der Waals surface area contributed by atoms with Gasteiger partial charge in [-0.15, -0.1) is 0 Å². The molecule has 0 bridgehead atoms. The Labute approximate surface area is 194 Å². The number of benzene rings is 1. The van der Waals surface area contributed by atoms with Gasteiger partial charge in [0, 0.05) is 31.0 Å². The maximum absolute atomic E-state index is 13.6. The Bertz CT molecular complexity index is 1170. The second kappa shape index (κ2) is 9.52. The lowest BCUT2D eigenvalue weighted by molar-refractivity contribution is 0.0587. The topological polar surface area (TPSA) is 93.0 Å². The molecule has 0 aliphatic carbocycles. The molecule has 1 saturated heterocycles. The van der Waals surface area contributed by atoms with Crippen LogP contribution in [0.25, 0.3) is 0 Å². The number of carbonyl (C=O) groups is 2. The molecular weight excluding hydrogens is 416 g/mol. The fourth-order valence-electron chi connectivity index (χ4n) is 4.49. The summed E-state index contributed by atoms with van der Waals surface area (Å²) in [5, 5.41) is 7.39. The van der Waals surface area contributed by atoms with Crippen LogP contribution >= 0.6 is 0 Å². The Morgan fingerprint density at radius 2 is 1.91 bits per heavy atom. The average molecular weight is 447 g/mol. The van der Waals surface area contributed by atoms with Crippen LogP contribution in [-0.2, 0) is 13.5 Å². The third-order valence-corrected chi connectivity index (χ3v) is 6.26. The van der Waals surface area contributed by atoms with Gasteiger partial charge in [-0.3, -0.25) is 14.3 Å². The summed E-state index contributed by atoms with van der Waals surface area (Å²) in [6, 6.07) is 9.06. The van der Waals surface area contributed by atoms with Gasteiger partial charge in [0.1, 0.15) is 5.69 Å². The van der Waals surface area contributed by atoms with Gasteiger partial charge in [-0.1, -0.05) is 25.1 Å².